The van der Waals surface area contributed by atoms with Crippen LogP contribution >= 0.6 is 15.9 Å². The molecule has 0 radical (unpaired) electrons. The van der Waals surface area contributed by atoms with Crippen LogP contribution in [0.25, 0.3) is 60.6 Å². The van der Waals surface area contributed by atoms with Crippen molar-refractivity contribution in [3.63, 3.8) is 0 Å². The first-order valence-corrected chi connectivity index (χ1v) is 48.1. The van der Waals surface area contributed by atoms with E-state index in [4.69, 9.17) is 5.11 Å². The highest BCUT2D eigenvalue weighted by molar-refractivity contribution is 9.10. The van der Waals surface area contributed by atoms with E-state index in [-0.39, 0.29) is 62.5 Å². The lowest BCUT2D eigenvalue weighted by molar-refractivity contribution is 0.0994. The molecule has 135 heavy (non-hydrogen) atoms. The van der Waals surface area contributed by atoms with Gasteiger partial charge in [0.05, 0.1) is 82.3 Å². The van der Waals surface area contributed by atoms with E-state index in [2.05, 4.69) is 416 Å². The van der Waals surface area contributed by atoms with Crippen LogP contribution in [0.2, 0.25) is 0 Å². The van der Waals surface area contributed by atoms with Crippen molar-refractivity contribution in [2.75, 3.05) is 89.9 Å². The number of imidazole rings is 4. The van der Waals surface area contributed by atoms with Gasteiger partial charge in [0.1, 0.15) is 16.1 Å². The zero-order valence-electron chi connectivity index (χ0n) is 85.6. The number of anilines is 8. The molecule has 0 spiro atoms. The van der Waals surface area contributed by atoms with Crippen molar-refractivity contribution in [1.29, 1.82) is 0 Å². The molecule has 10 N–H and O–H groups in total. The van der Waals surface area contributed by atoms with Crippen molar-refractivity contribution in [1.82, 2.24) is 62.6 Å². The maximum atomic E-state index is 13.9. The largest absolute Gasteiger partial charge is 0.395 e. The first-order chi connectivity index (χ1) is 63.1. The number of nitrogens with one attached hydrogen (secondary N) is 9. The molecule has 8 aromatic carbocycles. The SMILES string of the molecule is CC(C)(C)Nc1ccc2[nH]ccc2c1.CC(C)(C)Nc1ccc2c(c1)CCC2=O.CC(C)(C)Nc1ccc2ncc(Br)n2c1.CC(C)(C)Nc1ccc2ncn(CCO)c2c1.CC(C)(C)Nc1ccc2ncn(CCc3ccccc3)c2c1.CN(C)CCn1cnc2ccc(NC(C)(C)C)cc21.CN1CCC(c2cc(NC(C)(C)C)ccc2F)C1.Cn1ncc2ccc(NC(C)(C)C)cc21. The molecule has 0 bridgehead atoms. The Morgan fingerprint density at radius 1 is 0.459 bits per heavy atom. The van der Waals surface area contributed by atoms with Crippen LogP contribution in [0.1, 0.15) is 212 Å². The summed E-state index contributed by atoms with van der Waals surface area (Å²) >= 11 is 3.45. The fourth-order valence-electron chi connectivity index (χ4n) is 15.7. The van der Waals surface area contributed by atoms with Crippen molar-refractivity contribution in [3.05, 3.63) is 252 Å². The topological polar surface area (TPSA) is 244 Å². The molecule has 7 aromatic heterocycles. The Kier molecular flexibility index (Phi) is 35.3. The van der Waals surface area contributed by atoms with Crippen LogP contribution in [0.3, 0.4) is 0 Å². The maximum absolute atomic E-state index is 13.9. The summed E-state index contributed by atoms with van der Waals surface area (Å²) in [5.41, 5.74) is 23.5. The van der Waals surface area contributed by atoms with Crippen molar-refractivity contribution in [2.24, 2.45) is 7.05 Å². The molecule has 724 valence electrons. The second kappa shape index (κ2) is 45.3. The summed E-state index contributed by atoms with van der Waals surface area (Å²) in [4.78, 5) is 36.6. The van der Waals surface area contributed by atoms with E-state index in [9.17, 15) is 9.18 Å². The number of fused-ring (bicyclic) bond motifs is 7. The summed E-state index contributed by atoms with van der Waals surface area (Å²) in [5.74, 6) is 0.541. The van der Waals surface area contributed by atoms with Gasteiger partial charge >= 0.3 is 0 Å². The minimum absolute atomic E-state index is 0.00155. The molecule has 1 fully saturated rings. The number of Topliss-reactive ketones (excluding diaryl/α,β-unsaturated/α-hetero) is 1. The fraction of sp³-hybridized carbons (Fsp3) is 0.436. The summed E-state index contributed by atoms with van der Waals surface area (Å²) in [6.45, 7) is 57.1. The Morgan fingerprint density at radius 2 is 0.896 bits per heavy atom. The van der Waals surface area contributed by atoms with Crippen LogP contribution in [0, 0.1) is 5.82 Å². The van der Waals surface area contributed by atoms with Gasteiger partial charge in [-0.3, -0.25) is 13.9 Å². The Morgan fingerprint density at radius 3 is 1.39 bits per heavy atom. The van der Waals surface area contributed by atoms with E-state index in [1.54, 1.807) is 18.6 Å². The van der Waals surface area contributed by atoms with Gasteiger partial charge in [-0.1, -0.05) is 30.3 Å². The predicted molar refractivity (Wildman–Crippen MR) is 574 cm³/mol. The van der Waals surface area contributed by atoms with E-state index >= 15 is 0 Å². The first kappa shape index (κ1) is 105. The number of aliphatic hydroxyl groups is 1. The average Bonchev–Trinajstić information content (AvgIpc) is 1.70. The summed E-state index contributed by atoms with van der Waals surface area (Å²) in [7, 11) is 8.23. The number of hydrogen-bond acceptors (Lipinski definition) is 17. The number of carbonyl (C=O) groups excluding carboxylic acids is 1. The second-order valence-electron chi connectivity index (χ2n) is 44.0. The molecule has 1 saturated heterocycles. The van der Waals surface area contributed by atoms with Crippen molar-refractivity contribution in [2.45, 2.75) is 262 Å². The van der Waals surface area contributed by atoms with E-state index < -0.39 is 0 Å². The Balaban J connectivity index is 0.000000160. The number of hydrogen-bond donors (Lipinski definition) is 10. The molecule has 1 aliphatic heterocycles. The lowest BCUT2D eigenvalue weighted by Crippen LogP contribution is -2.26. The van der Waals surface area contributed by atoms with Gasteiger partial charge in [0.15, 0.2) is 5.78 Å². The smallest absolute Gasteiger partial charge is 0.163 e. The van der Waals surface area contributed by atoms with E-state index in [1.807, 2.05) is 100 Å². The summed E-state index contributed by atoms with van der Waals surface area (Å²) in [6.07, 6.45) is 17.0. The number of aliphatic hydroxyl groups excluding tert-OH is 1. The minimum atomic E-state index is -0.0743. The van der Waals surface area contributed by atoms with E-state index in [1.165, 1.54) is 44.1 Å². The Bertz CT molecular complexity index is 6220. The molecule has 0 amide bonds. The third kappa shape index (κ3) is 34.5. The highest BCUT2D eigenvalue weighted by Crippen LogP contribution is 2.34. The van der Waals surface area contributed by atoms with Gasteiger partial charge in [0.25, 0.3) is 0 Å². The number of H-pyrrole nitrogens is 1. The zero-order chi connectivity index (χ0) is 98.8. The number of likely N-dealkylation sites (tertiary alicyclic amines) is 1. The number of aryl methyl sites for hydroxylation is 4. The summed E-state index contributed by atoms with van der Waals surface area (Å²) in [5, 5.41) is 43.2. The average molecular weight is 1900 g/mol. The maximum Gasteiger partial charge on any atom is 0.163 e. The first-order valence-electron chi connectivity index (χ1n) is 47.3. The summed E-state index contributed by atoms with van der Waals surface area (Å²) < 4.78 is 25.2. The number of benzene rings is 8. The van der Waals surface area contributed by atoms with Gasteiger partial charge in [0, 0.05) is 170 Å². The van der Waals surface area contributed by atoms with Crippen molar-refractivity contribution < 1.29 is 14.3 Å². The van der Waals surface area contributed by atoms with Crippen LogP contribution in [0.4, 0.5) is 49.9 Å². The van der Waals surface area contributed by atoms with Gasteiger partial charge in [-0.05, 0) is 391 Å². The number of pyridine rings is 1. The Labute approximate surface area is 810 Å². The summed E-state index contributed by atoms with van der Waals surface area (Å²) in [6, 6.07) is 59.7. The van der Waals surface area contributed by atoms with E-state index in [0.717, 1.165) is 141 Å². The molecule has 17 rings (SSSR count). The molecule has 25 heteroatoms. The lowest BCUT2D eigenvalue weighted by atomic mass is 9.96. The van der Waals surface area contributed by atoms with Crippen LogP contribution in [-0.4, -0.2) is 165 Å². The second-order valence-corrected chi connectivity index (χ2v) is 44.8. The number of ketones is 1. The number of carbonyl (C=O) groups is 1. The van der Waals surface area contributed by atoms with Crippen molar-refractivity contribution >= 4 is 128 Å². The third-order valence-electron chi connectivity index (χ3n) is 21.2. The van der Waals surface area contributed by atoms with Gasteiger partial charge in [-0.2, -0.15) is 5.10 Å². The molecule has 0 saturated carbocycles. The normalized spacial score (nSPS) is 13.6. The number of rotatable bonds is 17. The molecule has 23 nitrogen and oxygen atoms in total. The number of halogens is 2. The highest BCUT2D eigenvalue weighted by atomic mass is 79.9. The van der Waals surface area contributed by atoms with Crippen molar-refractivity contribution in [3.8, 4) is 0 Å². The van der Waals surface area contributed by atoms with Crippen LogP contribution < -0.4 is 42.5 Å². The number of nitrogens with zero attached hydrogens (tertiary/aromatic N) is 12. The Hall–Kier alpha value is -11.8. The van der Waals surface area contributed by atoms with Gasteiger partial charge in [-0.25, -0.2) is 24.3 Å². The fourth-order valence-corrected chi connectivity index (χ4v) is 16.1. The monoisotopic (exact) mass is 1900 g/mol. The molecule has 1 unspecified atom stereocenters. The number of likely N-dealkylation sites (N-methyl/N-ethyl adjacent to an activating group) is 2. The molecular formula is C110H153BrFN21O2. The predicted octanol–water partition coefficient (Wildman–Crippen LogP) is 25.5. The number of aromatic nitrogens is 11. The zero-order valence-corrected chi connectivity index (χ0v) is 87.2. The third-order valence-corrected chi connectivity index (χ3v) is 21.8. The lowest BCUT2D eigenvalue weighted by Gasteiger charge is -2.23. The molecule has 1 aliphatic carbocycles. The van der Waals surface area contributed by atoms with Gasteiger partial charge in [-0.15, -0.1) is 0 Å². The highest BCUT2D eigenvalue weighted by Gasteiger charge is 2.26. The van der Waals surface area contributed by atoms with Crippen LogP contribution in [-0.2, 0) is 39.5 Å². The van der Waals surface area contributed by atoms with Crippen LogP contribution in [0.15, 0.2) is 224 Å². The molecule has 1 atom stereocenters. The molecule has 15 aromatic rings. The minimum Gasteiger partial charge on any atom is -0.395 e. The molecule has 8 heterocycles. The quantitative estimate of drug-likeness (QED) is 0.0407. The molecule has 2 aliphatic rings. The standard InChI is InChI=1S/C19H23N3.C15H23FN2.C15H24N4.C13H19N3O.C13H17NO.C12H17N3.C12H16N2.C11H14BrN3/c1-19(2,3)21-16-9-10-17-18(13-16)22(14-20-17)12-11-15-7-5-4-6-8-15;1-15(2,3)17-12-5-6-14(16)13(9-12)11-7-8-18(4)10-11;1-15(2,3)17-12-6-7-13-14(10-12)19(11-16-13)9-8-18(4)5;1-13(2,3)15-10-4-5-11-12(8-10)16(6-7-17)9-14-11;1-13(2,3)14-10-5-6-11-9(8-10)4-7-12(11)15;1-12(2,3)14-10-6-5-9-8-13-15(4)11(9)7-10;1-12(2,3)14-10-4-5-11-9(8-10)6-7-13-11;1-11(2,3)14-8-4-5-10-13-6-9(12)15(10)7-8/h4-10,13-14,21H,11-12H2,1-3H3;5-6,9,11,17H,7-8,10H2,1-4H3;6-7,10-11,17H,8-9H2,1-5H3;4-5,8-9,15,17H,6-7H2,1-3H3;5-6,8,14H,4,7H2,1-3H3;5-8,14H,1-4H3;4-8,13-14H,1-3H3;4-7,14H,1-3H3. The van der Waals surface area contributed by atoms with Crippen LogP contribution in [0.5, 0.6) is 0 Å². The van der Waals surface area contributed by atoms with E-state index in [0.29, 0.717) is 18.9 Å². The van der Waals surface area contributed by atoms with Gasteiger partial charge < -0.3 is 76.1 Å². The number of aromatic amines is 1. The molecular weight excluding hydrogens is 1750 g/mol. The van der Waals surface area contributed by atoms with Gasteiger partial charge in [0.2, 0.25) is 0 Å².